The van der Waals surface area contributed by atoms with E-state index in [9.17, 15) is 9.90 Å². The van der Waals surface area contributed by atoms with Crippen molar-refractivity contribution in [3.8, 4) is 0 Å². The third-order valence-corrected chi connectivity index (χ3v) is 4.97. The fourth-order valence-electron chi connectivity index (χ4n) is 2.70. The number of aliphatic hydroxyl groups excluding tert-OH is 1. The lowest BCUT2D eigenvalue weighted by Gasteiger charge is -2.25. The first kappa shape index (κ1) is 20.0. The van der Waals surface area contributed by atoms with Crippen molar-refractivity contribution in [1.29, 1.82) is 0 Å². The van der Waals surface area contributed by atoms with Crippen LogP contribution in [0.25, 0.3) is 0 Å². The predicted octanol–water partition coefficient (Wildman–Crippen LogP) is 3.71. The van der Waals surface area contributed by atoms with Crippen molar-refractivity contribution in [1.82, 2.24) is 15.5 Å². The van der Waals surface area contributed by atoms with Crippen molar-refractivity contribution in [2.45, 2.75) is 39.0 Å². The summed E-state index contributed by atoms with van der Waals surface area (Å²) in [7, 11) is 0. The van der Waals surface area contributed by atoms with Crippen LogP contribution >= 0.6 is 11.3 Å². The third kappa shape index (κ3) is 5.40. The second kappa shape index (κ2) is 9.48. The second-order valence-corrected chi connectivity index (χ2v) is 7.56. The Bertz CT molecular complexity index is 865. The van der Waals surface area contributed by atoms with Crippen LogP contribution in [0.4, 0.5) is 4.79 Å². The van der Waals surface area contributed by atoms with Gasteiger partial charge in [0.1, 0.15) is 12.7 Å². The van der Waals surface area contributed by atoms with Crippen molar-refractivity contribution < 1.29 is 19.2 Å². The SMILES string of the molecule is CC(C)[C@H](NC(=O)OCc1ccccc1)C(O)c1noc(Cc2ccsc2)n1. The van der Waals surface area contributed by atoms with E-state index in [0.29, 0.717) is 12.3 Å². The number of nitrogens with zero attached hydrogens (tertiary/aromatic N) is 2. The molecule has 28 heavy (non-hydrogen) atoms. The molecule has 3 rings (SSSR count). The Hall–Kier alpha value is -2.71. The molecule has 0 saturated carbocycles. The van der Waals surface area contributed by atoms with Gasteiger partial charge in [0.2, 0.25) is 11.7 Å². The average Bonchev–Trinajstić information content (AvgIpc) is 3.37. The number of ether oxygens (including phenoxy) is 1. The van der Waals surface area contributed by atoms with Crippen LogP contribution in [0.1, 0.15) is 42.8 Å². The highest BCUT2D eigenvalue weighted by molar-refractivity contribution is 7.07. The molecule has 7 nitrogen and oxygen atoms in total. The molecule has 2 atom stereocenters. The molecular formula is C20H23N3O4S. The van der Waals surface area contributed by atoms with Gasteiger partial charge in [-0.3, -0.25) is 0 Å². The van der Waals surface area contributed by atoms with E-state index < -0.39 is 18.2 Å². The average molecular weight is 401 g/mol. The number of carbonyl (C=O) groups excluding carboxylic acids is 1. The van der Waals surface area contributed by atoms with Gasteiger partial charge in [-0.1, -0.05) is 49.3 Å². The molecule has 1 amide bonds. The zero-order chi connectivity index (χ0) is 19.9. The van der Waals surface area contributed by atoms with Crippen molar-refractivity contribution in [2.24, 2.45) is 5.92 Å². The fraction of sp³-hybridized carbons (Fsp3) is 0.350. The summed E-state index contributed by atoms with van der Waals surface area (Å²) in [5, 5.41) is 21.2. The lowest BCUT2D eigenvalue weighted by Crippen LogP contribution is -2.43. The van der Waals surface area contributed by atoms with Crippen LogP contribution in [-0.2, 0) is 17.8 Å². The monoisotopic (exact) mass is 401 g/mol. The molecule has 0 saturated heterocycles. The maximum atomic E-state index is 12.2. The van der Waals surface area contributed by atoms with Gasteiger partial charge in [-0.25, -0.2) is 4.79 Å². The van der Waals surface area contributed by atoms with Crippen LogP contribution in [0.2, 0.25) is 0 Å². The normalized spacial score (nSPS) is 13.3. The Morgan fingerprint density at radius 2 is 2.04 bits per heavy atom. The largest absolute Gasteiger partial charge is 0.445 e. The predicted molar refractivity (Wildman–Crippen MR) is 105 cm³/mol. The Kier molecular flexibility index (Phi) is 6.78. The number of hydrogen-bond donors (Lipinski definition) is 2. The van der Waals surface area contributed by atoms with E-state index in [1.54, 1.807) is 11.3 Å². The van der Waals surface area contributed by atoms with E-state index in [-0.39, 0.29) is 18.3 Å². The van der Waals surface area contributed by atoms with Crippen molar-refractivity contribution in [2.75, 3.05) is 0 Å². The molecule has 148 valence electrons. The molecule has 2 N–H and O–H groups in total. The van der Waals surface area contributed by atoms with Crippen LogP contribution in [0.5, 0.6) is 0 Å². The van der Waals surface area contributed by atoms with Gasteiger partial charge in [-0.2, -0.15) is 16.3 Å². The molecule has 0 fully saturated rings. The molecule has 2 heterocycles. The number of thiophene rings is 1. The molecule has 1 unspecified atom stereocenters. The van der Waals surface area contributed by atoms with Crippen molar-refractivity contribution in [3.63, 3.8) is 0 Å². The number of alkyl carbamates (subject to hydrolysis) is 1. The van der Waals surface area contributed by atoms with Gasteiger partial charge in [0.25, 0.3) is 0 Å². The highest BCUT2D eigenvalue weighted by Gasteiger charge is 2.30. The quantitative estimate of drug-likeness (QED) is 0.597. The molecule has 0 radical (unpaired) electrons. The first-order valence-corrected chi connectivity index (χ1v) is 9.96. The number of amides is 1. The molecule has 2 aromatic heterocycles. The van der Waals surface area contributed by atoms with Gasteiger partial charge < -0.3 is 19.7 Å². The van der Waals surface area contributed by atoms with Crippen molar-refractivity contribution >= 4 is 17.4 Å². The summed E-state index contributed by atoms with van der Waals surface area (Å²) in [5.41, 5.74) is 1.95. The van der Waals surface area contributed by atoms with E-state index >= 15 is 0 Å². The van der Waals surface area contributed by atoms with Crippen LogP contribution in [-0.4, -0.2) is 27.4 Å². The van der Waals surface area contributed by atoms with Gasteiger partial charge in [0.15, 0.2) is 0 Å². The summed E-state index contributed by atoms with van der Waals surface area (Å²) < 4.78 is 10.5. The first-order valence-electron chi connectivity index (χ1n) is 9.01. The zero-order valence-corrected chi connectivity index (χ0v) is 16.6. The number of benzene rings is 1. The highest BCUT2D eigenvalue weighted by atomic mass is 32.1. The standard InChI is InChI=1S/C20H23N3O4S/c1-13(2)17(22-20(25)26-11-14-6-4-3-5-7-14)18(24)19-21-16(27-23-19)10-15-8-9-28-12-15/h3-9,12-13,17-18,24H,10-11H2,1-2H3,(H,22,25)/t17-,18?/m0/s1. The summed E-state index contributed by atoms with van der Waals surface area (Å²) in [6.45, 7) is 3.93. The number of rotatable bonds is 8. The highest BCUT2D eigenvalue weighted by Crippen LogP contribution is 2.21. The van der Waals surface area contributed by atoms with Gasteiger partial charge in [-0.05, 0) is 33.9 Å². The third-order valence-electron chi connectivity index (χ3n) is 4.24. The Labute approximate surface area is 167 Å². The number of hydrogen-bond acceptors (Lipinski definition) is 7. The van der Waals surface area contributed by atoms with E-state index in [4.69, 9.17) is 9.26 Å². The van der Waals surface area contributed by atoms with E-state index in [1.807, 2.05) is 61.0 Å². The molecule has 0 aliphatic heterocycles. The smallest absolute Gasteiger partial charge is 0.407 e. The Balaban J connectivity index is 1.59. The maximum Gasteiger partial charge on any atom is 0.407 e. The molecule has 8 heteroatoms. The molecule has 0 aliphatic carbocycles. The lowest BCUT2D eigenvalue weighted by molar-refractivity contribution is 0.0796. The summed E-state index contributed by atoms with van der Waals surface area (Å²) in [5.74, 6) is 0.493. The molecule has 0 spiro atoms. The summed E-state index contributed by atoms with van der Waals surface area (Å²) in [4.78, 5) is 16.5. The van der Waals surface area contributed by atoms with E-state index in [1.165, 1.54) is 0 Å². The number of carbonyl (C=O) groups is 1. The van der Waals surface area contributed by atoms with Crippen LogP contribution in [0.15, 0.2) is 51.7 Å². The lowest BCUT2D eigenvalue weighted by atomic mass is 9.98. The molecule has 0 aliphatic rings. The summed E-state index contributed by atoms with van der Waals surface area (Å²) in [6, 6.07) is 10.8. The minimum absolute atomic E-state index is 0.0712. The van der Waals surface area contributed by atoms with Crippen LogP contribution in [0, 0.1) is 5.92 Å². The molecule has 1 aromatic carbocycles. The number of aliphatic hydroxyl groups is 1. The number of nitrogens with one attached hydrogen (secondary N) is 1. The molecular weight excluding hydrogens is 378 g/mol. The topological polar surface area (TPSA) is 97.5 Å². The van der Waals surface area contributed by atoms with E-state index in [2.05, 4.69) is 15.5 Å². The van der Waals surface area contributed by atoms with Gasteiger partial charge in [0.05, 0.1) is 12.5 Å². The minimum Gasteiger partial charge on any atom is -0.445 e. The fourth-order valence-corrected chi connectivity index (χ4v) is 3.37. The second-order valence-electron chi connectivity index (χ2n) is 6.78. The Morgan fingerprint density at radius 1 is 1.25 bits per heavy atom. The van der Waals surface area contributed by atoms with Gasteiger partial charge in [-0.15, -0.1) is 0 Å². The van der Waals surface area contributed by atoms with Gasteiger partial charge >= 0.3 is 6.09 Å². The Morgan fingerprint density at radius 3 is 2.71 bits per heavy atom. The molecule has 3 aromatic rings. The zero-order valence-electron chi connectivity index (χ0n) is 15.7. The summed E-state index contributed by atoms with van der Waals surface area (Å²) in [6.07, 6.45) is -1.21. The minimum atomic E-state index is -1.11. The van der Waals surface area contributed by atoms with Crippen LogP contribution < -0.4 is 5.32 Å². The van der Waals surface area contributed by atoms with E-state index in [0.717, 1.165) is 11.1 Å². The van der Waals surface area contributed by atoms with Crippen molar-refractivity contribution in [3.05, 3.63) is 70.0 Å². The van der Waals surface area contributed by atoms with Crippen LogP contribution in [0.3, 0.4) is 0 Å². The number of aromatic nitrogens is 2. The first-order chi connectivity index (χ1) is 13.5. The van der Waals surface area contributed by atoms with Gasteiger partial charge in [0, 0.05) is 0 Å². The molecule has 0 bridgehead atoms. The summed E-state index contributed by atoms with van der Waals surface area (Å²) >= 11 is 1.59. The maximum absolute atomic E-state index is 12.2.